The summed E-state index contributed by atoms with van der Waals surface area (Å²) in [7, 11) is 0. The van der Waals surface area contributed by atoms with Crippen molar-refractivity contribution in [3.05, 3.63) is 65.4 Å². The smallest absolute Gasteiger partial charge is 0.321 e. The van der Waals surface area contributed by atoms with Crippen LogP contribution in [0.15, 0.2) is 48.5 Å². The fourth-order valence-corrected chi connectivity index (χ4v) is 3.37. The topological polar surface area (TPSA) is 85.3 Å². The van der Waals surface area contributed by atoms with Crippen LogP contribution in [-0.2, 0) is 11.2 Å². The van der Waals surface area contributed by atoms with Crippen LogP contribution in [0.1, 0.15) is 22.9 Å². The van der Waals surface area contributed by atoms with Gasteiger partial charge in [0.25, 0.3) is 0 Å². The Kier molecular flexibility index (Phi) is 3.09. The van der Waals surface area contributed by atoms with Gasteiger partial charge >= 0.3 is 5.97 Å². The number of carboxylic acids is 1. The van der Waals surface area contributed by atoms with Crippen molar-refractivity contribution in [1.82, 2.24) is 10.3 Å². The van der Waals surface area contributed by atoms with Gasteiger partial charge in [0.05, 0.1) is 6.04 Å². The first kappa shape index (κ1) is 13.8. The second kappa shape index (κ2) is 5.14. The van der Waals surface area contributed by atoms with E-state index in [1.165, 1.54) is 0 Å². The van der Waals surface area contributed by atoms with Crippen LogP contribution >= 0.6 is 0 Å². The molecule has 23 heavy (non-hydrogen) atoms. The van der Waals surface area contributed by atoms with Gasteiger partial charge in [-0.3, -0.25) is 10.1 Å². The molecule has 0 unspecified atom stereocenters. The maximum absolute atomic E-state index is 11.5. The van der Waals surface area contributed by atoms with Gasteiger partial charge in [-0.1, -0.05) is 36.4 Å². The number of benzene rings is 2. The van der Waals surface area contributed by atoms with Crippen LogP contribution in [0.5, 0.6) is 5.75 Å². The fourth-order valence-electron chi connectivity index (χ4n) is 3.37. The summed E-state index contributed by atoms with van der Waals surface area (Å²) in [6, 6.07) is 13.8. The van der Waals surface area contributed by atoms with Crippen LogP contribution in [0.2, 0.25) is 0 Å². The first-order valence-electron chi connectivity index (χ1n) is 7.51. The number of aromatic nitrogens is 1. The van der Waals surface area contributed by atoms with Crippen LogP contribution in [0.3, 0.4) is 0 Å². The summed E-state index contributed by atoms with van der Waals surface area (Å²) in [6.45, 7) is 0. The number of aromatic hydroxyl groups is 1. The van der Waals surface area contributed by atoms with Crippen LogP contribution in [-0.4, -0.2) is 27.2 Å². The molecule has 0 bridgehead atoms. The Hall–Kier alpha value is -2.79. The predicted octanol–water partition coefficient (Wildman–Crippen LogP) is 2.56. The number of hydrogen-bond acceptors (Lipinski definition) is 3. The molecule has 1 aromatic heterocycles. The molecule has 116 valence electrons. The molecular weight excluding hydrogens is 292 g/mol. The molecule has 0 aliphatic carbocycles. The molecule has 3 aromatic rings. The highest BCUT2D eigenvalue weighted by Crippen LogP contribution is 2.37. The monoisotopic (exact) mass is 308 g/mol. The van der Waals surface area contributed by atoms with Gasteiger partial charge in [-0.15, -0.1) is 0 Å². The Morgan fingerprint density at radius 1 is 1.09 bits per heavy atom. The summed E-state index contributed by atoms with van der Waals surface area (Å²) < 4.78 is 0. The Labute approximate surface area is 132 Å². The van der Waals surface area contributed by atoms with Crippen molar-refractivity contribution in [3.63, 3.8) is 0 Å². The number of rotatable bonds is 2. The summed E-state index contributed by atoms with van der Waals surface area (Å²) >= 11 is 0. The molecule has 2 heterocycles. The molecule has 1 aliphatic rings. The van der Waals surface area contributed by atoms with Crippen LogP contribution in [0.4, 0.5) is 0 Å². The van der Waals surface area contributed by atoms with E-state index in [-0.39, 0.29) is 11.8 Å². The molecule has 1 aliphatic heterocycles. The molecule has 2 aromatic carbocycles. The number of phenolic OH excluding ortho intramolecular Hbond substituents is 1. The third-order valence-electron chi connectivity index (χ3n) is 4.46. The summed E-state index contributed by atoms with van der Waals surface area (Å²) in [5, 5.41) is 23.8. The summed E-state index contributed by atoms with van der Waals surface area (Å²) in [6.07, 6.45) is 0.415. The van der Waals surface area contributed by atoms with E-state index in [1.54, 1.807) is 12.1 Å². The number of H-pyrrole nitrogens is 1. The number of nitrogens with one attached hydrogen (secondary N) is 2. The van der Waals surface area contributed by atoms with Crippen molar-refractivity contribution in [2.24, 2.45) is 0 Å². The Morgan fingerprint density at radius 3 is 2.61 bits per heavy atom. The number of fused-ring (bicyclic) bond motifs is 3. The third-order valence-corrected chi connectivity index (χ3v) is 4.46. The average molecular weight is 308 g/mol. The molecule has 0 radical (unpaired) electrons. The van der Waals surface area contributed by atoms with E-state index in [4.69, 9.17) is 0 Å². The molecule has 5 heteroatoms. The number of carbonyl (C=O) groups is 1. The summed E-state index contributed by atoms with van der Waals surface area (Å²) in [4.78, 5) is 14.9. The maximum Gasteiger partial charge on any atom is 0.321 e. The van der Waals surface area contributed by atoms with Crippen molar-refractivity contribution in [2.75, 3.05) is 0 Å². The number of aliphatic carboxylic acids is 1. The fraction of sp³-hybridized carbons (Fsp3) is 0.167. The van der Waals surface area contributed by atoms with Crippen LogP contribution < -0.4 is 5.32 Å². The molecule has 0 spiro atoms. The van der Waals surface area contributed by atoms with Gasteiger partial charge in [-0.25, -0.2) is 0 Å². The van der Waals surface area contributed by atoms with Gasteiger partial charge < -0.3 is 15.2 Å². The first-order valence-corrected chi connectivity index (χ1v) is 7.51. The average Bonchev–Trinajstić information content (AvgIpc) is 2.93. The van der Waals surface area contributed by atoms with Crippen LogP contribution in [0.25, 0.3) is 10.9 Å². The van der Waals surface area contributed by atoms with E-state index in [2.05, 4.69) is 10.3 Å². The van der Waals surface area contributed by atoms with E-state index >= 15 is 0 Å². The minimum Gasteiger partial charge on any atom is -0.508 e. The molecule has 0 saturated heterocycles. The van der Waals surface area contributed by atoms with Crippen molar-refractivity contribution in [2.45, 2.75) is 18.5 Å². The lowest BCUT2D eigenvalue weighted by Gasteiger charge is -2.29. The highest BCUT2D eigenvalue weighted by molar-refractivity contribution is 5.87. The SMILES string of the molecule is O=C(O)[C@@H]1Cc2c([nH]c3ccccc23)[C@@H](c2ccccc2O)N1. The third kappa shape index (κ3) is 2.17. The van der Waals surface area contributed by atoms with Gasteiger partial charge in [-0.2, -0.15) is 0 Å². The predicted molar refractivity (Wildman–Crippen MR) is 86.5 cm³/mol. The van der Waals surface area contributed by atoms with E-state index < -0.39 is 12.0 Å². The molecule has 4 rings (SSSR count). The lowest BCUT2D eigenvalue weighted by molar-refractivity contribution is -0.139. The number of para-hydroxylation sites is 2. The van der Waals surface area contributed by atoms with Gasteiger partial charge in [0.15, 0.2) is 0 Å². The number of hydrogen-bond donors (Lipinski definition) is 4. The van der Waals surface area contributed by atoms with E-state index in [1.807, 2.05) is 36.4 Å². The minimum absolute atomic E-state index is 0.153. The zero-order valence-electron chi connectivity index (χ0n) is 12.3. The molecule has 4 N–H and O–H groups in total. The lowest BCUT2D eigenvalue weighted by atomic mass is 9.90. The quantitative estimate of drug-likeness (QED) is 0.586. The molecule has 0 fully saturated rings. The van der Waals surface area contributed by atoms with Gasteiger partial charge in [0, 0.05) is 28.6 Å². The Balaban J connectivity index is 1.93. The van der Waals surface area contributed by atoms with Gasteiger partial charge in [-0.05, 0) is 17.7 Å². The summed E-state index contributed by atoms with van der Waals surface area (Å²) in [5.74, 6) is -0.734. The van der Waals surface area contributed by atoms with E-state index in [0.29, 0.717) is 12.0 Å². The molecule has 5 nitrogen and oxygen atoms in total. The van der Waals surface area contributed by atoms with Crippen molar-refractivity contribution in [3.8, 4) is 5.75 Å². The molecular formula is C18H16N2O3. The number of aromatic amines is 1. The second-order valence-corrected chi connectivity index (χ2v) is 5.82. The van der Waals surface area contributed by atoms with Crippen molar-refractivity contribution >= 4 is 16.9 Å². The van der Waals surface area contributed by atoms with Gasteiger partial charge in [0.1, 0.15) is 11.8 Å². The zero-order chi connectivity index (χ0) is 16.0. The highest BCUT2D eigenvalue weighted by Gasteiger charge is 2.34. The minimum atomic E-state index is -0.888. The first-order chi connectivity index (χ1) is 11.1. The van der Waals surface area contributed by atoms with Crippen molar-refractivity contribution < 1.29 is 15.0 Å². The normalized spacial score (nSPS) is 20.3. The largest absolute Gasteiger partial charge is 0.508 e. The standard InChI is InChI=1S/C18H16N2O3/c21-15-8-4-2-6-11(15)16-17-12(9-14(20-16)18(22)23)10-5-1-3-7-13(10)19-17/h1-8,14,16,19-21H,9H2,(H,22,23)/t14-,16+/m0/s1. The summed E-state index contributed by atoms with van der Waals surface area (Å²) in [5.41, 5.74) is 3.57. The van der Waals surface area contributed by atoms with E-state index in [9.17, 15) is 15.0 Å². The number of carboxylic acid groups (broad SMARTS) is 1. The zero-order valence-corrected chi connectivity index (χ0v) is 12.3. The molecule has 0 saturated carbocycles. The highest BCUT2D eigenvalue weighted by atomic mass is 16.4. The molecule has 2 atom stereocenters. The second-order valence-electron chi connectivity index (χ2n) is 5.82. The molecule has 0 amide bonds. The van der Waals surface area contributed by atoms with Crippen molar-refractivity contribution in [1.29, 1.82) is 0 Å². The lowest BCUT2D eigenvalue weighted by Crippen LogP contribution is -2.44. The van der Waals surface area contributed by atoms with Gasteiger partial charge in [0.2, 0.25) is 0 Å². The number of phenols is 1. The van der Waals surface area contributed by atoms with E-state index in [0.717, 1.165) is 22.2 Å². The maximum atomic E-state index is 11.5. The Bertz CT molecular complexity index is 900. The Morgan fingerprint density at radius 2 is 1.83 bits per heavy atom. The van der Waals surface area contributed by atoms with Crippen LogP contribution in [0, 0.1) is 0 Å².